The van der Waals surface area contributed by atoms with Crippen LogP contribution in [0.25, 0.3) is 0 Å². The van der Waals surface area contributed by atoms with E-state index in [1.165, 1.54) is 0 Å². The van der Waals surface area contributed by atoms with Gasteiger partial charge in [-0.25, -0.2) is 0 Å². The number of carbonyl (C=O) groups excluding carboxylic acids is 1. The van der Waals surface area contributed by atoms with Crippen molar-refractivity contribution in [3.05, 3.63) is 18.0 Å². The Balaban J connectivity index is 2.73. The molecule has 1 aromatic heterocycles. The molecule has 1 atom stereocenters. The second-order valence-electron chi connectivity index (χ2n) is 4.18. The van der Waals surface area contributed by atoms with E-state index >= 15 is 0 Å². The van der Waals surface area contributed by atoms with Crippen LogP contribution >= 0.6 is 0 Å². The Kier molecular flexibility index (Phi) is 5.03. The average Bonchev–Trinajstić information content (AvgIpc) is 2.60. The summed E-state index contributed by atoms with van der Waals surface area (Å²) in [6.07, 6.45) is 2.75. The summed E-state index contributed by atoms with van der Waals surface area (Å²) in [6, 6.07) is 1.68. The number of nitrogens with zero attached hydrogens (tertiary/aromatic N) is 1. The van der Waals surface area contributed by atoms with E-state index in [0.717, 1.165) is 13.0 Å². The van der Waals surface area contributed by atoms with Crippen molar-refractivity contribution in [3.8, 4) is 0 Å². The topological polar surface area (TPSA) is 69.3 Å². The second kappa shape index (κ2) is 6.30. The van der Waals surface area contributed by atoms with Gasteiger partial charge in [-0.05, 0) is 19.4 Å². The van der Waals surface area contributed by atoms with Crippen molar-refractivity contribution in [1.29, 1.82) is 0 Å². The minimum absolute atomic E-state index is 0.0151. The van der Waals surface area contributed by atoms with Gasteiger partial charge in [-0.2, -0.15) is 0 Å². The number of aromatic nitrogens is 1. The molecule has 0 aliphatic carbocycles. The first kappa shape index (κ1) is 13.6. The molecule has 0 bridgehead atoms. The smallest absolute Gasteiger partial charge is 0.268 e. The van der Waals surface area contributed by atoms with Crippen molar-refractivity contribution >= 4 is 11.6 Å². The molecule has 0 radical (unpaired) electrons. The Labute approximate surface area is 102 Å². The SMILES string of the molecule is CCCn1cc(N)cc1C(=O)NC(C)COC. The fourth-order valence-electron chi connectivity index (χ4n) is 1.74. The van der Waals surface area contributed by atoms with Gasteiger partial charge >= 0.3 is 0 Å². The molecule has 1 unspecified atom stereocenters. The number of nitrogens with one attached hydrogen (secondary N) is 1. The normalized spacial score (nSPS) is 12.4. The molecule has 0 saturated carbocycles. The van der Waals surface area contributed by atoms with E-state index in [2.05, 4.69) is 12.2 Å². The monoisotopic (exact) mass is 239 g/mol. The summed E-state index contributed by atoms with van der Waals surface area (Å²) >= 11 is 0. The number of anilines is 1. The molecule has 3 N–H and O–H groups in total. The van der Waals surface area contributed by atoms with Crippen LogP contribution in [0.1, 0.15) is 30.8 Å². The van der Waals surface area contributed by atoms with Gasteiger partial charge in [0.2, 0.25) is 0 Å². The molecule has 96 valence electrons. The fourth-order valence-corrected chi connectivity index (χ4v) is 1.74. The van der Waals surface area contributed by atoms with Crippen LogP contribution < -0.4 is 11.1 Å². The molecule has 1 amide bonds. The maximum Gasteiger partial charge on any atom is 0.268 e. The van der Waals surface area contributed by atoms with Gasteiger partial charge in [0.05, 0.1) is 12.3 Å². The quantitative estimate of drug-likeness (QED) is 0.785. The van der Waals surface area contributed by atoms with Gasteiger partial charge in [0.1, 0.15) is 5.69 Å². The molecule has 1 rings (SSSR count). The highest BCUT2D eigenvalue weighted by molar-refractivity contribution is 5.94. The molecular weight excluding hydrogens is 218 g/mol. The van der Waals surface area contributed by atoms with Crippen LogP contribution in [0.2, 0.25) is 0 Å². The van der Waals surface area contributed by atoms with Gasteiger partial charge < -0.3 is 20.4 Å². The highest BCUT2D eigenvalue weighted by atomic mass is 16.5. The molecule has 0 aromatic carbocycles. The predicted octanol–water partition coefficient (Wildman–Crippen LogP) is 1.24. The van der Waals surface area contributed by atoms with Crippen molar-refractivity contribution in [3.63, 3.8) is 0 Å². The molecule has 0 aliphatic heterocycles. The molecule has 17 heavy (non-hydrogen) atoms. The lowest BCUT2D eigenvalue weighted by molar-refractivity contribution is 0.0896. The van der Waals surface area contributed by atoms with E-state index < -0.39 is 0 Å². The van der Waals surface area contributed by atoms with Gasteiger partial charge in [-0.1, -0.05) is 6.92 Å². The summed E-state index contributed by atoms with van der Waals surface area (Å²) in [5.41, 5.74) is 6.93. The number of aryl methyl sites for hydroxylation is 1. The van der Waals surface area contributed by atoms with Crippen molar-refractivity contribution in [2.75, 3.05) is 19.5 Å². The number of amides is 1. The molecule has 0 fully saturated rings. The van der Waals surface area contributed by atoms with Crippen LogP contribution in [0, 0.1) is 0 Å². The maximum atomic E-state index is 12.0. The van der Waals surface area contributed by atoms with Crippen molar-refractivity contribution in [2.24, 2.45) is 0 Å². The number of rotatable bonds is 6. The van der Waals surface area contributed by atoms with Crippen LogP contribution in [0.5, 0.6) is 0 Å². The molecule has 1 heterocycles. The van der Waals surface area contributed by atoms with E-state index in [1.807, 2.05) is 11.5 Å². The van der Waals surface area contributed by atoms with E-state index in [4.69, 9.17) is 10.5 Å². The van der Waals surface area contributed by atoms with Gasteiger partial charge in [-0.3, -0.25) is 4.79 Å². The van der Waals surface area contributed by atoms with Gasteiger partial charge in [0, 0.05) is 25.9 Å². The highest BCUT2D eigenvalue weighted by Crippen LogP contribution is 2.11. The Morgan fingerprint density at radius 3 is 2.94 bits per heavy atom. The summed E-state index contributed by atoms with van der Waals surface area (Å²) in [5.74, 6) is -0.111. The van der Waals surface area contributed by atoms with Gasteiger partial charge in [0.25, 0.3) is 5.91 Å². The van der Waals surface area contributed by atoms with Crippen LogP contribution in [0.15, 0.2) is 12.3 Å². The first-order valence-electron chi connectivity index (χ1n) is 5.84. The number of hydrogen-bond donors (Lipinski definition) is 2. The summed E-state index contributed by atoms with van der Waals surface area (Å²) in [6.45, 7) is 5.25. The largest absolute Gasteiger partial charge is 0.397 e. The first-order valence-corrected chi connectivity index (χ1v) is 5.84. The molecule has 0 aliphatic rings. The van der Waals surface area contributed by atoms with E-state index in [1.54, 1.807) is 19.4 Å². The summed E-state index contributed by atoms with van der Waals surface area (Å²) in [7, 11) is 1.61. The van der Waals surface area contributed by atoms with Crippen molar-refractivity contribution in [2.45, 2.75) is 32.9 Å². The van der Waals surface area contributed by atoms with Crippen LogP contribution in [0.4, 0.5) is 5.69 Å². The number of ether oxygens (including phenoxy) is 1. The molecular formula is C12H21N3O2. The molecule has 0 spiro atoms. The van der Waals surface area contributed by atoms with Crippen LogP contribution in [-0.2, 0) is 11.3 Å². The van der Waals surface area contributed by atoms with Crippen molar-refractivity contribution < 1.29 is 9.53 Å². The third-order valence-electron chi connectivity index (χ3n) is 2.41. The maximum absolute atomic E-state index is 12.0. The van der Waals surface area contributed by atoms with Crippen molar-refractivity contribution in [1.82, 2.24) is 9.88 Å². The molecule has 5 heteroatoms. The minimum atomic E-state index is -0.111. The van der Waals surface area contributed by atoms with E-state index in [0.29, 0.717) is 18.0 Å². The standard InChI is InChI=1S/C12H21N3O2/c1-4-5-15-7-10(13)6-11(15)12(16)14-9(2)8-17-3/h6-7,9H,4-5,8,13H2,1-3H3,(H,14,16). The Bertz CT molecular complexity index is 374. The lowest BCUT2D eigenvalue weighted by Crippen LogP contribution is -2.36. The van der Waals surface area contributed by atoms with E-state index in [-0.39, 0.29) is 11.9 Å². The van der Waals surface area contributed by atoms with Crippen LogP contribution in [-0.4, -0.2) is 30.2 Å². The summed E-state index contributed by atoms with van der Waals surface area (Å²) < 4.78 is 6.86. The Morgan fingerprint density at radius 2 is 2.35 bits per heavy atom. The predicted molar refractivity (Wildman–Crippen MR) is 67.9 cm³/mol. The molecule has 1 aromatic rings. The van der Waals surface area contributed by atoms with Crippen LogP contribution in [0.3, 0.4) is 0 Å². The first-order chi connectivity index (χ1) is 8.08. The minimum Gasteiger partial charge on any atom is -0.397 e. The zero-order chi connectivity index (χ0) is 12.8. The number of nitrogen functional groups attached to an aromatic ring is 1. The molecule has 5 nitrogen and oxygen atoms in total. The fraction of sp³-hybridized carbons (Fsp3) is 0.583. The van der Waals surface area contributed by atoms with Gasteiger partial charge in [0.15, 0.2) is 0 Å². The number of methoxy groups -OCH3 is 1. The number of nitrogens with two attached hydrogens (primary N) is 1. The Morgan fingerprint density at radius 1 is 1.65 bits per heavy atom. The second-order valence-corrected chi connectivity index (χ2v) is 4.18. The Hall–Kier alpha value is -1.49. The zero-order valence-electron chi connectivity index (χ0n) is 10.7. The highest BCUT2D eigenvalue weighted by Gasteiger charge is 2.14. The number of carbonyl (C=O) groups is 1. The van der Waals surface area contributed by atoms with Gasteiger partial charge in [-0.15, -0.1) is 0 Å². The average molecular weight is 239 g/mol. The lowest BCUT2D eigenvalue weighted by Gasteiger charge is -2.13. The molecule has 0 saturated heterocycles. The number of hydrogen-bond acceptors (Lipinski definition) is 3. The summed E-state index contributed by atoms with van der Waals surface area (Å²) in [5, 5.41) is 2.87. The zero-order valence-corrected chi connectivity index (χ0v) is 10.7. The lowest BCUT2D eigenvalue weighted by atomic mass is 10.3. The third kappa shape index (κ3) is 3.78. The third-order valence-corrected chi connectivity index (χ3v) is 2.41. The summed E-state index contributed by atoms with van der Waals surface area (Å²) in [4.78, 5) is 12.0. The van der Waals surface area contributed by atoms with E-state index in [9.17, 15) is 4.79 Å².